The Morgan fingerprint density at radius 3 is 2.59 bits per heavy atom. The normalized spacial score (nSPS) is 17.0. The largest absolute Gasteiger partial charge is 0.506 e. The van der Waals surface area contributed by atoms with Gasteiger partial charge in [-0.3, -0.25) is 4.72 Å². The summed E-state index contributed by atoms with van der Waals surface area (Å²) in [6.45, 7) is 0.156. The number of nitrogens with one attached hydrogen (secondary N) is 2. The zero-order chi connectivity index (χ0) is 22.9. The summed E-state index contributed by atoms with van der Waals surface area (Å²) in [5.41, 5.74) is 8.00. The third-order valence-corrected chi connectivity index (χ3v) is 9.27. The molecule has 172 valence electrons. The Morgan fingerprint density at radius 2 is 1.84 bits per heavy atom. The van der Waals surface area contributed by atoms with Gasteiger partial charge in [-0.05, 0) is 59.8 Å². The Morgan fingerprint density at radius 1 is 1.09 bits per heavy atom. The van der Waals surface area contributed by atoms with Crippen LogP contribution in [-0.4, -0.2) is 34.7 Å². The van der Waals surface area contributed by atoms with Crippen molar-refractivity contribution in [2.45, 2.75) is 55.4 Å². The summed E-state index contributed by atoms with van der Waals surface area (Å²) >= 11 is 0. The fourth-order valence-corrected chi connectivity index (χ4v) is 7.00. The van der Waals surface area contributed by atoms with Crippen molar-refractivity contribution >= 4 is 44.4 Å². The van der Waals surface area contributed by atoms with Gasteiger partial charge in [-0.15, -0.1) is 0 Å². The number of nitrogens with two attached hydrogens (primary N) is 1. The number of benzene rings is 2. The van der Waals surface area contributed by atoms with Crippen molar-refractivity contribution < 1.29 is 26.6 Å². The molecule has 1 aliphatic carbocycles. The molecule has 2 aromatic rings. The molecule has 2 aliphatic rings. The average Bonchev–Trinajstić information content (AvgIpc) is 3.20. The molecule has 0 unspecified atom stereocenters. The van der Waals surface area contributed by atoms with Crippen LogP contribution in [0.25, 0.3) is 0 Å². The molecule has 0 amide bonds. The maximum Gasteiger partial charge on any atom is 0.309 e. The minimum Gasteiger partial charge on any atom is -0.506 e. The average molecular weight is 479 g/mol. The second-order valence-electron chi connectivity index (χ2n) is 8.23. The molecule has 1 fully saturated rings. The minimum atomic E-state index is -4.13. The Hall–Kier alpha value is -2.28. The van der Waals surface area contributed by atoms with Crippen LogP contribution in [0.4, 0.5) is 11.4 Å². The second kappa shape index (κ2) is 8.93. The van der Waals surface area contributed by atoms with E-state index in [0.717, 1.165) is 30.3 Å². The van der Waals surface area contributed by atoms with Gasteiger partial charge in [0.1, 0.15) is 5.75 Å². The molecule has 2 aromatic carbocycles. The highest BCUT2D eigenvalue weighted by Gasteiger charge is 2.28. The first-order chi connectivity index (χ1) is 15.2. The van der Waals surface area contributed by atoms with Gasteiger partial charge in [0.25, 0.3) is 10.0 Å². The van der Waals surface area contributed by atoms with Gasteiger partial charge in [0.2, 0.25) is 10.0 Å². The molecule has 1 saturated carbocycles. The molecular weight excluding hydrogens is 453 g/mol. The lowest BCUT2D eigenvalue weighted by molar-refractivity contribution is 0.344. The third-order valence-electron chi connectivity index (χ3n) is 5.91. The number of phenolic OH excluding ortho intramolecular Hbond substituents is 1. The smallest absolute Gasteiger partial charge is 0.309 e. The van der Waals surface area contributed by atoms with Gasteiger partial charge in [-0.25, -0.2) is 21.6 Å². The first-order valence-electron chi connectivity index (χ1n) is 10.5. The van der Waals surface area contributed by atoms with Gasteiger partial charge in [0.05, 0.1) is 22.4 Å². The fourth-order valence-electron chi connectivity index (χ4n) is 4.17. The molecule has 4 rings (SSSR count). The first kappa shape index (κ1) is 22.9. The summed E-state index contributed by atoms with van der Waals surface area (Å²) in [5, 5.41) is 9.79. The molecule has 32 heavy (non-hydrogen) atoms. The van der Waals surface area contributed by atoms with Gasteiger partial charge >= 0.3 is 7.48 Å². The van der Waals surface area contributed by atoms with E-state index in [1.54, 1.807) is 0 Å². The molecule has 9 nitrogen and oxygen atoms in total. The van der Waals surface area contributed by atoms with E-state index in [0.29, 0.717) is 32.6 Å². The molecule has 0 spiro atoms. The molecule has 0 bridgehead atoms. The van der Waals surface area contributed by atoms with Crippen LogP contribution in [0, 0.1) is 0 Å². The Balaban J connectivity index is 1.58. The van der Waals surface area contributed by atoms with E-state index in [1.165, 1.54) is 30.3 Å². The number of rotatable bonds is 7. The maximum absolute atomic E-state index is 13.1. The maximum atomic E-state index is 13.1. The van der Waals surface area contributed by atoms with Crippen LogP contribution in [-0.2, 0) is 37.9 Å². The predicted molar refractivity (Wildman–Crippen MR) is 124 cm³/mol. The number of aromatic hydroxyl groups is 1. The van der Waals surface area contributed by atoms with Crippen molar-refractivity contribution in [2.24, 2.45) is 0 Å². The van der Waals surface area contributed by atoms with Crippen molar-refractivity contribution in [1.29, 1.82) is 0 Å². The standard InChI is InChI=1S/C20H26BN3O6S2/c22-15-6-7-20(13(8-15)11-23-31(26,27)16-4-2-1-3-5-16)32(28,29)24-18-10-17-14(9-19(18)25)12-30-21-17/h6-10,16,21,23-25H,1-5,11-12,22H2. The molecule has 0 saturated heterocycles. The number of nitrogen functional groups attached to an aromatic ring is 1. The van der Waals surface area contributed by atoms with E-state index in [2.05, 4.69) is 9.44 Å². The highest BCUT2D eigenvalue weighted by molar-refractivity contribution is 7.92. The molecule has 5 N–H and O–H groups in total. The number of phenols is 1. The van der Waals surface area contributed by atoms with Gasteiger partial charge in [0, 0.05) is 12.2 Å². The third kappa shape index (κ3) is 4.88. The molecule has 0 atom stereocenters. The van der Waals surface area contributed by atoms with Crippen LogP contribution >= 0.6 is 0 Å². The second-order valence-corrected chi connectivity index (χ2v) is 11.9. The fraction of sp³-hybridized carbons (Fsp3) is 0.400. The van der Waals surface area contributed by atoms with Crippen molar-refractivity contribution in [2.75, 3.05) is 10.5 Å². The van der Waals surface area contributed by atoms with Gasteiger partial charge in [-0.2, -0.15) is 0 Å². The van der Waals surface area contributed by atoms with E-state index < -0.39 is 25.3 Å². The molecule has 1 aliphatic heterocycles. The van der Waals surface area contributed by atoms with Crippen LogP contribution in [0.3, 0.4) is 0 Å². The molecule has 0 aromatic heterocycles. The zero-order valence-corrected chi connectivity index (χ0v) is 19.1. The summed E-state index contributed by atoms with van der Waals surface area (Å²) in [5.74, 6) is -0.215. The number of anilines is 2. The number of hydrogen-bond acceptors (Lipinski definition) is 7. The monoisotopic (exact) mass is 479 g/mol. The molecular formula is C20H26BN3O6S2. The van der Waals surface area contributed by atoms with E-state index in [-0.39, 0.29) is 28.4 Å². The van der Waals surface area contributed by atoms with Crippen molar-refractivity contribution in [3.05, 3.63) is 41.5 Å². The summed E-state index contributed by atoms with van der Waals surface area (Å²) in [6, 6.07) is 7.22. The number of sulfonamides is 2. The van der Waals surface area contributed by atoms with Gasteiger partial charge in [0.15, 0.2) is 0 Å². The van der Waals surface area contributed by atoms with Crippen molar-refractivity contribution in [1.82, 2.24) is 4.72 Å². The van der Waals surface area contributed by atoms with Crippen molar-refractivity contribution in [3.63, 3.8) is 0 Å². The van der Waals surface area contributed by atoms with Crippen molar-refractivity contribution in [3.8, 4) is 5.75 Å². The van der Waals surface area contributed by atoms with Crippen LogP contribution < -0.4 is 20.6 Å². The number of fused-ring (bicyclic) bond motifs is 1. The first-order valence-corrected chi connectivity index (χ1v) is 13.5. The van der Waals surface area contributed by atoms with Gasteiger partial charge in [-0.1, -0.05) is 19.3 Å². The molecule has 1 heterocycles. The van der Waals surface area contributed by atoms with Crippen LogP contribution in [0.2, 0.25) is 0 Å². The Kier molecular flexibility index (Phi) is 6.39. The summed E-state index contributed by atoms with van der Waals surface area (Å²) in [7, 11) is -7.39. The van der Waals surface area contributed by atoms with Crippen LogP contribution in [0.15, 0.2) is 35.2 Å². The predicted octanol–water partition coefficient (Wildman–Crippen LogP) is 1.03. The van der Waals surface area contributed by atoms with E-state index in [9.17, 15) is 21.9 Å². The van der Waals surface area contributed by atoms with Crippen LogP contribution in [0.5, 0.6) is 5.75 Å². The topological polar surface area (TPSA) is 148 Å². The molecule has 12 heteroatoms. The highest BCUT2D eigenvalue weighted by Crippen LogP contribution is 2.29. The Labute approximate surface area is 188 Å². The Bertz CT molecular complexity index is 1230. The van der Waals surface area contributed by atoms with E-state index in [4.69, 9.17) is 10.4 Å². The lowest BCUT2D eigenvalue weighted by Crippen LogP contribution is -2.35. The SMILES string of the molecule is Nc1ccc(S(=O)(=O)Nc2cc3c(cc2O)COB3)c(CNS(=O)(=O)C2CCCCC2)c1. The molecule has 0 radical (unpaired) electrons. The summed E-state index contributed by atoms with van der Waals surface area (Å²) in [6.07, 6.45) is 3.95. The van der Waals surface area contributed by atoms with E-state index >= 15 is 0 Å². The van der Waals surface area contributed by atoms with Crippen LogP contribution in [0.1, 0.15) is 43.2 Å². The lowest BCUT2D eigenvalue weighted by atomic mass is 9.87. The lowest BCUT2D eigenvalue weighted by Gasteiger charge is -2.22. The highest BCUT2D eigenvalue weighted by atomic mass is 32.2. The zero-order valence-electron chi connectivity index (χ0n) is 17.5. The quantitative estimate of drug-likeness (QED) is 0.263. The minimum absolute atomic E-state index is 0.0276. The summed E-state index contributed by atoms with van der Waals surface area (Å²) < 4.78 is 61.9. The number of hydrogen-bond donors (Lipinski definition) is 4. The van der Waals surface area contributed by atoms with E-state index in [1.807, 2.05) is 0 Å². The summed E-state index contributed by atoms with van der Waals surface area (Å²) in [4.78, 5) is -0.116. The van der Waals surface area contributed by atoms with Gasteiger partial charge < -0.3 is 15.5 Å².